The number of nitrogens with one attached hydrogen (secondary N) is 4. The van der Waals surface area contributed by atoms with Crippen molar-refractivity contribution in [2.75, 3.05) is 26.7 Å². The molecule has 0 saturated carbocycles. The van der Waals surface area contributed by atoms with Crippen LogP contribution in [0.1, 0.15) is 33.1 Å². The molecule has 8 heteroatoms. The first-order valence-corrected chi connectivity index (χ1v) is 8.29. The van der Waals surface area contributed by atoms with Crippen molar-refractivity contribution in [3.63, 3.8) is 0 Å². The van der Waals surface area contributed by atoms with Gasteiger partial charge >= 0.3 is 0 Å². The van der Waals surface area contributed by atoms with E-state index in [2.05, 4.69) is 26.3 Å². The highest BCUT2D eigenvalue weighted by Crippen LogP contribution is 2.08. The van der Waals surface area contributed by atoms with E-state index >= 15 is 0 Å². The first-order valence-electron chi connectivity index (χ1n) is 8.29. The van der Waals surface area contributed by atoms with Gasteiger partial charge in [0.25, 0.3) is 0 Å². The number of likely N-dealkylation sites (N-methyl/N-ethyl adjacent to an activating group) is 1. The molecule has 0 aromatic carbocycles. The number of nitrogens with two attached hydrogens (primary N) is 1. The third-order valence-corrected chi connectivity index (χ3v) is 4.03. The third kappa shape index (κ3) is 6.43. The molecule has 1 heterocycles. The molecule has 0 bridgehead atoms. The normalized spacial score (nSPS) is 17.5. The van der Waals surface area contributed by atoms with Crippen LogP contribution in [-0.2, 0) is 9.59 Å². The molecule has 3 atom stereocenters. The van der Waals surface area contributed by atoms with Gasteiger partial charge in [0.2, 0.25) is 11.8 Å². The molecule has 0 spiro atoms. The summed E-state index contributed by atoms with van der Waals surface area (Å²) in [5, 5.41) is 11.6. The molecule has 1 aliphatic rings. The molecule has 0 aromatic rings. The molecule has 8 nitrogen and oxygen atoms in total. The number of rotatable bonds is 9. The number of hydrogen-bond acceptors (Lipinski definition) is 6. The van der Waals surface area contributed by atoms with Crippen LogP contribution in [0.5, 0.6) is 0 Å². The maximum absolute atomic E-state index is 12.2. The molecule has 1 rings (SSSR count). The van der Waals surface area contributed by atoms with Crippen LogP contribution >= 0.6 is 0 Å². The maximum atomic E-state index is 12.2. The Morgan fingerprint density at radius 3 is 2.70 bits per heavy atom. The van der Waals surface area contributed by atoms with E-state index in [4.69, 9.17) is 5.73 Å². The van der Waals surface area contributed by atoms with E-state index in [1.807, 2.05) is 13.8 Å². The molecular formula is C15H30N6O2. The maximum Gasteiger partial charge on any atom is 0.242 e. The molecule has 23 heavy (non-hydrogen) atoms. The lowest BCUT2D eigenvalue weighted by molar-refractivity contribution is -0.130. The van der Waals surface area contributed by atoms with Crippen molar-refractivity contribution in [3.8, 4) is 0 Å². The number of aliphatic imine (C=N–C) groups is 1. The lowest BCUT2D eigenvalue weighted by atomic mass is 9.97. The van der Waals surface area contributed by atoms with Crippen molar-refractivity contribution in [1.82, 2.24) is 21.3 Å². The summed E-state index contributed by atoms with van der Waals surface area (Å²) >= 11 is 0. The van der Waals surface area contributed by atoms with Crippen molar-refractivity contribution < 1.29 is 9.59 Å². The summed E-state index contributed by atoms with van der Waals surface area (Å²) in [6.45, 7) is 6.28. The first kappa shape index (κ1) is 19.2. The third-order valence-electron chi connectivity index (χ3n) is 4.03. The Labute approximate surface area is 138 Å². The van der Waals surface area contributed by atoms with Crippen molar-refractivity contribution in [2.45, 2.75) is 45.2 Å². The van der Waals surface area contributed by atoms with Gasteiger partial charge in [-0.25, -0.2) is 0 Å². The number of carbonyl (C=O) groups is 2. The Balaban J connectivity index is 2.34. The van der Waals surface area contributed by atoms with Crippen LogP contribution in [0, 0.1) is 5.92 Å². The Hall–Kier alpha value is -1.83. The number of carbonyl (C=O) groups excluding carboxylic acids is 2. The van der Waals surface area contributed by atoms with Crippen LogP contribution in [-0.4, -0.2) is 56.5 Å². The van der Waals surface area contributed by atoms with Crippen LogP contribution in [0.15, 0.2) is 4.99 Å². The number of nitrogens with zero attached hydrogens (tertiary/aromatic N) is 1. The lowest BCUT2D eigenvalue weighted by Gasteiger charge is -2.24. The van der Waals surface area contributed by atoms with Crippen LogP contribution < -0.4 is 27.0 Å². The highest BCUT2D eigenvalue weighted by Gasteiger charge is 2.26. The van der Waals surface area contributed by atoms with Gasteiger partial charge in [-0.2, -0.15) is 0 Å². The van der Waals surface area contributed by atoms with E-state index in [0.29, 0.717) is 13.0 Å². The summed E-state index contributed by atoms with van der Waals surface area (Å²) in [5.74, 6) is 0.390. The predicted molar refractivity (Wildman–Crippen MR) is 91.0 cm³/mol. The Kier molecular flexibility index (Phi) is 8.39. The first-order chi connectivity index (χ1) is 11.0. The summed E-state index contributed by atoms with van der Waals surface area (Å²) in [4.78, 5) is 28.3. The average molecular weight is 326 g/mol. The molecule has 2 amide bonds. The smallest absolute Gasteiger partial charge is 0.242 e. The fraction of sp³-hybridized carbons (Fsp3) is 0.800. The summed E-state index contributed by atoms with van der Waals surface area (Å²) in [5.41, 5.74) is 5.93. The zero-order chi connectivity index (χ0) is 17.2. The largest absolute Gasteiger partial charge is 0.357 e. The Morgan fingerprint density at radius 2 is 2.13 bits per heavy atom. The van der Waals surface area contributed by atoms with E-state index < -0.39 is 12.1 Å². The van der Waals surface area contributed by atoms with Gasteiger partial charge in [0.1, 0.15) is 6.04 Å². The topological polar surface area (TPSA) is 121 Å². The lowest BCUT2D eigenvalue weighted by Crippen LogP contribution is -2.53. The predicted octanol–water partition coefficient (Wildman–Crippen LogP) is -1.08. The Bertz CT molecular complexity index is 426. The minimum Gasteiger partial charge on any atom is -0.357 e. The van der Waals surface area contributed by atoms with Gasteiger partial charge in [-0.05, 0) is 18.8 Å². The number of hydrogen-bond donors (Lipinski definition) is 5. The highest BCUT2D eigenvalue weighted by molar-refractivity contribution is 5.89. The van der Waals surface area contributed by atoms with Crippen LogP contribution in [0.4, 0.5) is 0 Å². The van der Waals surface area contributed by atoms with Crippen molar-refractivity contribution in [2.24, 2.45) is 16.6 Å². The van der Waals surface area contributed by atoms with Gasteiger partial charge in [0.05, 0.1) is 12.6 Å². The summed E-state index contributed by atoms with van der Waals surface area (Å²) < 4.78 is 0. The quantitative estimate of drug-likeness (QED) is 0.345. The molecule has 0 unspecified atom stereocenters. The molecule has 0 aliphatic carbocycles. The molecule has 0 aromatic heterocycles. The standard InChI is InChI=1S/C15H30N6O2/c1-4-10(2)12(14(23)17-3)21-13(22)11(16)6-5-7-18-15-19-8-9-20-15/h10-12H,4-9,16H2,1-3H3,(H,17,23)(H,21,22)(H2,18,19,20)/t10-,11-,12-/m0/s1. The van der Waals surface area contributed by atoms with Crippen molar-refractivity contribution in [3.05, 3.63) is 0 Å². The van der Waals surface area contributed by atoms with Crippen molar-refractivity contribution >= 4 is 17.8 Å². The van der Waals surface area contributed by atoms with Crippen LogP contribution in [0.3, 0.4) is 0 Å². The number of amides is 2. The van der Waals surface area contributed by atoms with E-state index in [0.717, 1.165) is 31.9 Å². The second-order valence-corrected chi connectivity index (χ2v) is 5.82. The fourth-order valence-electron chi connectivity index (χ4n) is 2.29. The molecule has 0 saturated heterocycles. The van der Waals surface area contributed by atoms with Gasteiger partial charge in [-0.15, -0.1) is 0 Å². The minimum absolute atomic E-state index is 0.0548. The number of guanidine groups is 1. The molecule has 132 valence electrons. The molecule has 0 radical (unpaired) electrons. The second kappa shape index (κ2) is 10.0. The van der Waals surface area contributed by atoms with Gasteiger partial charge in [0.15, 0.2) is 5.96 Å². The van der Waals surface area contributed by atoms with E-state index in [-0.39, 0.29) is 17.7 Å². The fourth-order valence-corrected chi connectivity index (χ4v) is 2.29. The van der Waals surface area contributed by atoms with Crippen molar-refractivity contribution in [1.29, 1.82) is 0 Å². The monoisotopic (exact) mass is 326 g/mol. The highest BCUT2D eigenvalue weighted by atomic mass is 16.2. The zero-order valence-electron chi connectivity index (χ0n) is 14.3. The van der Waals surface area contributed by atoms with Crippen LogP contribution in [0.2, 0.25) is 0 Å². The molecule has 0 fully saturated rings. The van der Waals surface area contributed by atoms with Gasteiger partial charge < -0.3 is 27.0 Å². The molecular weight excluding hydrogens is 296 g/mol. The summed E-state index contributed by atoms with van der Waals surface area (Å²) in [6, 6.07) is -1.16. The van der Waals surface area contributed by atoms with Gasteiger partial charge in [-0.1, -0.05) is 20.3 Å². The van der Waals surface area contributed by atoms with Crippen LogP contribution in [0.25, 0.3) is 0 Å². The van der Waals surface area contributed by atoms with E-state index in [1.54, 1.807) is 7.05 Å². The van der Waals surface area contributed by atoms with Gasteiger partial charge in [0, 0.05) is 20.1 Å². The second-order valence-electron chi connectivity index (χ2n) is 5.82. The SMILES string of the molecule is CC[C@H](C)[C@H](NC(=O)[C@@H](N)CCCNC1=NCCN1)C(=O)NC. The van der Waals surface area contributed by atoms with Gasteiger partial charge in [-0.3, -0.25) is 14.6 Å². The average Bonchev–Trinajstić information content (AvgIpc) is 3.08. The van der Waals surface area contributed by atoms with E-state index in [9.17, 15) is 9.59 Å². The zero-order valence-corrected chi connectivity index (χ0v) is 14.3. The Morgan fingerprint density at radius 1 is 1.39 bits per heavy atom. The molecule has 6 N–H and O–H groups in total. The van der Waals surface area contributed by atoms with E-state index in [1.165, 1.54) is 0 Å². The summed E-state index contributed by atoms with van der Waals surface area (Å²) in [7, 11) is 1.56. The summed E-state index contributed by atoms with van der Waals surface area (Å²) in [6.07, 6.45) is 2.10. The molecule has 1 aliphatic heterocycles. The minimum atomic E-state index is -0.619.